The Bertz CT molecular complexity index is 840. The smallest absolute Gasteiger partial charge is 0.261 e. The molecule has 3 atom stereocenters. The molecule has 0 unspecified atom stereocenters. The van der Waals surface area contributed by atoms with E-state index in [1.807, 2.05) is 49.4 Å². The van der Waals surface area contributed by atoms with Gasteiger partial charge in [0.2, 0.25) is 5.91 Å². The van der Waals surface area contributed by atoms with Crippen molar-refractivity contribution in [3.8, 4) is 0 Å². The summed E-state index contributed by atoms with van der Waals surface area (Å²) >= 11 is 6.01. The summed E-state index contributed by atoms with van der Waals surface area (Å²) in [6, 6.07) is 16.6. The number of nitrogens with zero attached hydrogens (tertiary/aromatic N) is 2. The number of carbonyl (C=O) groups excluding carboxylic acids is 2. The maximum atomic E-state index is 13.1. The first-order chi connectivity index (χ1) is 13.1. The normalized spacial score (nSPS) is 24.6. The molecule has 0 spiro atoms. The van der Waals surface area contributed by atoms with Gasteiger partial charge in [-0.2, -0.15) is 0 Å². The molecule has 2 fully saturated rings. The van der Waals surface area contributed by atoms with Crippen LogP contribution in [0.15, 0.2) is 54.6 Å². The molecule has 2 saturated heterocycles. The number of hydrogen-bond acceptors (Lipinski definition) is 4. The molecular formula is C21H21ClN2O3. The summed E-state index contributed by atoms with van der Waals surface area (Å²) in [5.74, 6) is -0.938. The first kappa shape index (κ1) is 18.0. The van der Waals surface area contributed by atoms with Gasteiger partial charge in [0.05, 0.1) is 11.7 Å². The molecule has 2 aromatic carbocycles. The van der Waals surface area contributed by atoms with E-state index in [1.54, 1.807) is 17.2 Å². The van der Waals surface area contributed by atoms with Crippen molar-refractivity contribution < 1.29 is 14.4 Å². The van der Waals surface area contributed by atoms with Gasteiger partial charge in [0.15, 0.2) is 6.10 Å². The first-order valence-corrected chi connectivity index (χ1v) is 9.61. The average molecular weight is 385 g/mol. The molecule has 6 heteroatoms. The Morgan fingerprint density at radius 3 is 2.37 bits per heavy atom. The van der Waals surface area contributed by atoms with Gasteiger partial charge in [0, 0.05) is 11.6 Å². The van der Waals surface area contributed by atoms with Crippen molar-refractivity contribution in [2.45, 2.75) is 31.9 Å². The van der Waals surface area contributed by atoms with E-state index in [0.717, 1.165) is 24.1 Å². The maximum Gasteiger partial charge on any atom is 0.261 e. The van der Waals surface area contributed by atoms with Crippen molar-refractivity contribution in [1.82, 2.24) is 4.90 Å². The predicted molar refractivity (Wildman–Crippen MR) is 103 cm³/mol. The molecule has 2 amide bonds. The van der Waals surface area contributed by atoms with Crippen LogP contribution in [0.5, 0.6) is 0 Å². The number of unbranched alkanes of at least 4 members (excludes halogenated alkanes) is 1. The average Bonchev–Trinajstić information content (AvgIpc) is 3.19. The van der Waals surface area contributed by atoms with Crippen LogP contribution in [0.4, 0.5) is 5.69 Å². The number of likely N-dealkylation sites (tertiary alicyclic amines) is 1. The van der Waals surface area contributed by atoms with E-state index in [4.69, 9.17) is 16.4 Å². The van der Waals surface area contributed by atoms with Gasteiger partial charge in [-0.15, -0.1) is 0 Å². The lowest BCUT2D eigenvalue weighted by Crippen LogP contribution is -2.37. The molecule has 0 saturated carbocycles. The van der Waals surface area contributed by atoms with Gasteiger partial charge < -0.3 is 0 Å². The van der Waals surface area contributed by atoms with E-state index in [2.05, 4.69) is 0 Å². The number of halogens is 1. The maximum absolute atomic E-state index is 13.1. The van der Waals surface area contributed by atoms with Crippen LogP contribution in [-0.2, 0) is 14.4 Å². The van der Waals surface area contributed by atoms with E-state index in [-0.39, 0.29) is 17.9 Å². The summed E-state index contributed by atoms with van der Waals surface area (Å²) in [6.45, 7) is 2.49. The SMILES string of the molecule is CCCCN1C(=O)[C@@H]2[C@@H](ON(c3ccc(Cl)cc3)[C@H]2c2ccccc2)C1=O. The quantitative estimate of drug-likeness (QED) is 0.731. The summed E-state index contributed by atoms with van der Waals surface area (Å²) in [5, 5.41) is 2.31. The van der Waals surface area contributed by atoms with Crippen LogP contribution in [-0.4, -0.2) is 29.4 Å². The van der Waals surface area contributed by atoms with E-state index >= 15 is 0 Å². The molecule has 140 valence electrons. The van der Waals surface area contributed by atoms with Gasteiger partial charge in [0.25, 0.3) is 5.91 Å². The van der Waals surface area contributed by atoms with Crippen molar-refractivity contribution in [3.05, 3.63) is 65.2 Å². The fraction of sp³-hybridized carbons (Fsp3) is 0.333. The molecule has 0 bridgehead atoms. The molecule has 0 aliphatic carbocycles. The number of carbonyl (C=O) groups is 2. The van der Waals surface area contributed by atoms with E-state index in [1.165, 1.54) is 4.90 Å². The minimum Gasteiger partial charge on any atom is -0.280 e. The molecule has 2 aliphatic rings. The van der Waals surface area contributed by atoms with Crippen LogP contribution < -0.4 is 5.06 Å². The minimum absolute atomic E-state index is 0.149. The predicted octanol–water partition coefficient (Wildman–Crippen LogP) is 3.99. The van der Waals surface area contributed by atoms with Crippen LogP contribution in [0.25, 0.3) is 0 Å². The Morgan fingerprint density at radius 1 is 1.00 bits per heavy atom. The number of hydroxylamine groups is 1. The summed E-state index contributed by atoms with van der Waals surface area (Å²) in [4.78, 5) is 33.4. The highest BCUT2D eigenvalue weighted by atomic mass is 35.5. The Morgan fingerprint density at radius 2 is 1.70 bits per heavy atom. The van der Waals surface area contributed by atoms with Crippen molar-refractivity contribution in [2.75, 3.05) is 11.6 Å². The lowest BCUT2D eigenvalue weighted by Gasteiger charge is -2.28. The first-order valence-electron chi connectivity index (χ1n) is 9.23. The molecule has 0 N–H and O–H groups in total. The Labute approximate surface area is 163 Å². The topological polar surface area (TPSA) is 49.9 Å². The molecule has 2 aromatic rings. The van der Waals surface area contributed by atoms with Crippen LogP contribution in [0.1, 0.15) is 31.4 Å². The molecule has 5 nitrogen and oxygen atoms in total. The number of anilines is 1. The third kappa shape index (κ3) is 3.11. The van der Waals surface area contributed by atoms with Gasteiger partial charge in [-0.25, -0.2) is 5.06 Å². The fourth-order valence-corrected chi connectivity index (χ4v) is 3.94. The number of benzene rings is 2. The van der Waals surface area contributed by atoms with Gasteiger partial charge in [-0.05, 0) is 36.2 Å². The standard InChI is InChI=1S/C21H21ClN2O3/c1-2-3-13-23-20(25)17-18(14-7-5-4-6-8-14)24(27-19(17)21(23)26)16-11-9-15(22)10-12-16/h4-12,17-19H,2-3,13H2,1H3/t17-,18-,19+/m0/s1. The second kappa shape index (κ2) is 7.33. The zero-order valence-electron chi connectivity index (χ0n) is 15.0. The summed E-state index contributed by atoms with van der Waals surface area (Å²) in [5.41, 5.74) is 1.71. The summed E-state index contributed by atoms with van der Waals surface area (Å²) in [7, 11) is 0. The van der Waals surface area contributed by atoms with E-state index in [9.17, 15) is 9.59 Å². The largest absolute Gasteiger partial charge is 0.280 e. The van der Waals surface area contributed by atoms with Crippen molar-refractivity contribution >= 4 is 29.1 Å². The Kier molecular flexibility index (Phi) is 4.89. The van der Waals surface area contributed by atoms with Crippen LogP contribution in [0.2, 0.25) is 5.02 Å². The van der Waals surface area contributed by atoms with Crippen LogP contribution >= 0.6 is 11.6 Å². The number of amides is 2. The van der Waals surface area contributed by atoms with Gasteiger partial charge in [-0.3, -0.25) is 19.3 Å². The lowest BCUT2D eigenvalue weighted by molar-refractivity contribution is -0.143. The number of hydrogen-bond donors (Lipinski definition) is 0. The highest BCUT2D eigenvalue weighted by molar-refractivity contribution is 6.30. The molecule has 0 radical (unpaired) electrons. The second-order valence-corrected chi connectivity index (χ2v) is 7.33. The van der Waals surface area contributed by atoms with Crippen LogP contribution in [0, 0.1) is 5.92 Å². The highest BCUT2D eigenvalue weighted by Gasteiger charge is 2.59. The zero-order valence-corrected chi connectivity index (χ0v) is 15.8. The highest BCUT2D eigenvalue weighted by Crippen LogP contribution is 2.46. The van der Waals surface area contributed by atoms with Crippen molar-refractivity contribution in [3.63, 3.8) is 0 Å². The molecular weight excluding hydrogens is 364 g/mol. The Balaban J connectivity index is 1.73. The summed E-state index contributed by atoms with van der Waals surface area (Å²) < 4.78 is 0. The lowest BCUT2D eigenvalue weighted by atomic mass is 9.90. The third-order valence-electron chi connectivity index (χ3n) is 5.16. The molecule has 0 aromatic heterocycles. The van der Waals surface area contributed by atoms with Gasteiger partial charge >= 0.3 is 0 Å². The second-order valence-electron chi connectivity index (χ2n) is 6.89. The molecule has 2 heterocycles. The zero-order chi connectivity index (χ0) is 19.0. The van der Waals surface area contributed by atoms with Crippen LogP contribution in [0.3, 0.4) is 0 Å². The van der Waals surface area contributed by atoms with Gasteiger partial charge in [0.1, 0.15) is 5.92 Å². The van der Waals surface area contributed by atoms with E-state index < -0.39 is 12.0 Å². The number of imide groups is 1. The van der Waals surface area contributed by atoms with Crippen molar-refractivity contribution in [2.24, 2.45) is 5.92 Å². The fourth-order valence-electron chi connectivity index (χ4n) is 3.81. The number of fused-ring (bicyclic) bond motifs is 1. The minimum atomic E-state index is -0.782. The monoisotopic (exact) mass is 384 g/mol. The van der Waals surface area contributed by atoms with Gasteiger partial charge in [-0.1, -0.05) is 55.3 Å². The molecule has 27 heavy (non-hydrogen) atoms. The van der Waals surface area contributed by atoms with Crippen molar-refractivity contribution in [1.29, 1.82) is 0 Å². The molecule has 2 aliphatic heterocycles. The molecule has 4 rings (SSSR count). The third-order valence-corrected chi connectivity index (χ3v) is 5.42. The summed E-state index contributed by atoms with van der Waals surface area (Å²) in [6.07, 6.45) is 0.940. The van der Waals surface area contributed by atoms with E-state index in [0.29, 0.717) is 11.6 Å². The number of rotatable bonds is 5. The Hall–Kier alpha value is -2.37.